The lowest BCUT2D eigenvalue weighted by Crippen LogP contribution is -2.47. The molecule has 1 saturated heterocycles. The standard InChI is InChI=1S/C21H33N3O2/c1-15(2)10-11-22-20(25)18-8-5-7-17(13-18)19-9-6-12-24(14-19)21(26)23-16(3)4/h5,7-8,13,15-16,19H,6,9-12,14H2,1-4H3,(H,22,25)(H,23,26)/t19-/m1/s1. The summed E-state index contributed by atoms with van der Waals surface area (Å²) in [4.78, 5) is 26.5. The topological polar surface area (TPSA) is 61.4 Å². The van der Waals surface area contributed by atoms with E-state index in [-0.39, 0.29) is 23.9 Å². The van der Waals surface area contributed by atoms with Crippen LogP contribution in [0.2, 0.25) is 0 Å². The van der Waals surface area contributed by atoms with Gasteiger partial charge >= 0.3 is 6.03 Å². The highest BCUT2D eigenvalue weighted by molar-refractivity contribution is 5.94. The van der Waals surface area contributed by atoms with Crippen LogP contribution >= 0.6 is 0 Å². The summed E-state index contributed by atoms with van der Waals surface area (Å²) in [5.41, 5.74) is 1.85. The summed E-state index contributed by atoms with van der Waals surface area (Å²) in [6.45, 7) is 10.4. The van der Waals surface area contributed by atoms with Crippen molar-refractivity contribution in [3.63, 3.8) is 0 Å². The summed E-state index contributed by atoms with van der Waals surface area (Å²) >= 11 is 0. The minimum absolute atomic E-state index is 0.00674. The molecule has 0 bridgehead atoms. The third kappa shape index (κ3) is 6.04. The Morgan fingerprint density at radius 2 is 2.00 bits per heavy atom. The molecule has 1 aliphatic rings. The predicted octanol–water partition coefficient (Wildman–Crippen LogP) is 3.76. The van der Waals surface area contributed by atoms with Gasteiger partial charge in [0.05, 0.1) is 0 Å². The van der Waals surface area contributed by atoms with Crippen LogP contribution in [-0.2, 0) is 0 Å². The van der Waals surface area contributed by atoms with Gasteiger partial charge in [-0.2, -0.15) is 0 Å². The second-order valence-corrected chi connectivity index (χ2v) is 7.95. The molecule has 0 aliphatic carbocycles. The number of benzene rings is 1. The molecule has 5 nitrogen and oxygen atoms in total. The predicted molar refractivity (Wildman–Crippen MR) is 105 cm³/mol. The lowest BCUT2D eigenvalue weighted by atomic mass is 9.89. The van der Waals surface area contributed by atoms with E-state index >= 15 is 0 Å². The Balaban J connectivity index is 2.00. The molecule has 1 fully saturated rings. The Labute approximate surface area is 157 Å². The number of amides is 3. The smallest absolute Gasteiger partial charge is 0.317 e. The number of nitrogens with one attached hydrogen (secondary N) is 2. The molecule has 1 heterocycles. The van der Waals surface area contributed by atoms with Gasteiger partial charge in [0.2, 0.25) is 0 Å². The van der Waals surface area contributed by atoms with E-state index in [0.717, 1.165) is 31.4 Å². The molecule has 0 aromatic heterocycles. The molecule has 0 saturated carbocycles. The zero-order valence-electron chi connectivity index (χ0n) is 16.5. The summed E-state index contributed by atoms with van der Waals surface area (Å²) in [6, 6.07) is 8.01. The molecule has 2 rings (SSSR count). The molecular weight excluding hydrogens is 326 g/mol. The Kier molecular flexibility index (Phi) is 7.49. The van der Waals surface area contributed by atoms with Crippen LogP contribution in [0.5, 0.6) is 0 Å². The number of likely N-dealkylation sites (tertiary alicyclic amines) is 1. The van der Waals surface area contributed by atoms with Gasteiger partial charge < -0.3 is 15.5 Å². The normalized spacial score (nSPS) is 17.5. The van der Waals surface area contributed by atoms with Gasteiger partial charge in [-0.15, -0.1) is 0 Å². The van der Waals surface area contributed by atoms with Gasteiger partial charge in [0.1, 0.15) is 0 Å². The number of urea groups is 1. The number of nitrogens with zero attached hydrogens (tertiary/aromatic N) is 1. The number of rotatable bonds is 6. The van der Waals surface area contributed by atoms with Crippen molar-refractivity contribution >= 4 is 11.9 Å². The van der Waals surface area contributed by atoms with Crippen molar-refractivity contribution in [2.75, 3.05) is 19.6 Å². The second-order valence-electron chi connectivity index (χ2n) is 7.95. The molecule has 2 N–H and O–H groups in total. The number of piperidine rings is 1. The highest BCUT2D eigenvalue weighted by Gasteiger charge is 2.25. The van der Waals surface area contributed by atoms with Crippen LogP contribution in [-0.4, -0.2) is 42.5 Å². The molecule has 144 valence electrons. The van der Waals surface area contributed by atoms with Crippen LogP contribution in [0.1, 0.15) is 68.8 Å². The minimum Gasteiger partial charge on any atom is -0.352 e. The molecule has 1 atom stereocenters. The molecule has 26 heavy (non-hydrogen) atoms. The highest BCUT2D eigenvalue weighted by Crippen LogP contribution is 2.27. The van der Waals surface area contributed by atoms with E-state index in [1.165, 1.54) is 0 Å². The van der Waals surface area contributed by atoms with E-state index in [1.807, 2.05) is 36.9 Å². The first-order valence-electron chi connectivity index (χ1n) is 9.80. The fourth-order valence-electron chi connectivity index (χ4n) is 3.28. The van der Waals surface area contributed by atoms with Crippen LogP contribution in [0, 0.1) is 5.92 Å². The van der Waals surface area contributed by atoms with Crippen LogP contribution < -0.4 is 10.6 Å². The average Bonchev–Trinajstić information content (AvgIpc) is 2.61. The van der Waals surface area contributed by atoms with Gasteiger partial charge in [-0.1, -0.05) is 26.0 Å². The van der Waals surface area contributed by atoms with Gasteiger partial charge in [-0.05, 0) is 56.7 Å². The molecule has 0 unspecified atom stereocenters. The largest absolute Gasteiger partial charge is 0.352 e. The lowest BCUT2D eigenvalue weighted by Gasteiger charge is -2.33. The van der Waals surface area contributed by atoms with Crippen molar-refractivity contribution in [1.29, 1.82) is 0 Å². The minimum atomic E-state index is -0.0160. The Morgan fingerprint density at radius 3 is 2.69 bits per heavy atom. The SMILES string of the molecule is CC(C)CCNC(=O)c1cccc([C@@H]2CCCN(C(=O)NC(C)C)C2)c1. The van der Waals surface area contributed by atoms with Gasteiger partial charge in [0, 0.05) is 37.2 Å². The van der Waals surface area contributed by atoms with Crippen LogP contribution in [0.15, 0.2) is 24.3 Å². The number of hydrogen-bond acceptors (Lipinski definition) is 2. The molecule has 1 aromatic carbocycles. The molecule has 1 aromatic rings. The van der Waals surface area contributed by atoms with Crippen molar-refractivity contribution in [3.05, 3.63) is 35.4 Å². The second kappa shape index (κ2) is 9.60. The monoisotopic (exact) mass is 359 g/mol. The summed E-state index contributed by atoms with van der Waals surface area (Å²) in [6.07, 6.45) is 3.01. The van der Waals surface area contributed by atoms with Crippen molar-refractivity contribution in [3.8, 4) is 0 Å². The molecule has 0 spiro atoms. The van der Waals surface area contributed by atoms with Crippen molar-refractivity contribution in [1.82, 2.24) is 15.5 Å². The first kappa shape index (κ1) is 20.3. The quantitative estimate of drug-likeness (QED) is 0.812. The van der Waals surface area contributed by atoms with Gasteiger partial charge in [0.15, 0.2) is 0 Å². The Morgan fingerprint density at radius 1 is 1.23 bits per heavy atom. The summed E-state index contributed by atoms with van der Waals surface area (Å²) in [5.74, 6) is 0.842. The third-order valence-corrected chi connectivity index (χ3v) is 4.75. The van der Waals surface area contributed by atoms with E-state index in [1.54, 1.807) is 0 Å². The van der Waals surface area contributed by atoms with Crippen molar-refractivity contribution < 1.29 is 9.59 Å². The Hall–Kier alpha value is -2.04. The van der Waals surface area contributed by atoms with Crippen LogP contribution in [0.4, 0.5) is 4.79 Å². The highest BCUT2D eigenvalue weighted by atomic mass is 16.2. The molecular formula is C21H33N3O2. The fraction of sp³-hybridized carbons (Fsp3) is 0.619. The van der Waals surface area contributed by atoms with Crippen LogP contribution in [0.25, 0.3) is 0 Å². The van der Waals surface area contributed by atoms with Crippen molar-refractivity contribution in [2.45, 2.75) is 58.9 Å². The number of carbonyl (C=O) groups is 2. The van der Waals surface area contributed by atoms with E-state index < -0.39 is 0 Å². The van der Waals surface area contributed by atoms with E-state index in [4.69, 9.17) is 0 Å². The van der Waals surface area contributed by atoms with E-state index in [9.17, 15) is 9.59 Å². The van der Waals surface area contributed by atoms with Crippen molar-refractivity contribution in [2.24, 2.45) is 5.92 Å². The lowest BCUT2D eigenvalue weighted by molar-refractivity contribution is 0.0951. The molecule has 3 amide bonds. The van der Waals surface area contributed by atoms with E-state index in [0.29, 0.717) is 24.6 Å². The van der Waals surface area contributed by atoms with Crippen LogP contribution in [0.3, 0.4) is 0 Å². The molecule has 1 aliphatic heterocycles. The maximum atomic E-state index is 12.4. The van der Waals surface area contributed by atoms with Gasteiger partial charge in [0.25, 0.3) is 5.91 Å². The summed E-state index contributed by atoms with van der Waals surface area (Å²) in [5, 5.41) is 5.96. The zero-order chi connectivity index (χ0) is 19.1. The number of carbonyl (C=O) groups excluding carboxylic acids is 2. The maximum absolute atomic E-state index is 12.4. The third-order valence-electron chi connectivity index (χ3n) is 4.75. The zero-order valence-corrected chi connectivity index (χ0v) is 16.5. The van der Waals surface area contributed by atoms with E-state index in [2.05, 4.69) is 30.5 Å². The summed E-state index contributed by atoms with van der Waals surface area (Å²) < 4.78 is 0. The maximum Gasteiger partial charge on any atom is 0.317 e. The fourth-order valence-corrected chi connectivity index (χ4v) is 3.28. The summed E-state index contributed by atoms with van der Waals surface area (Å²) in [7, 11) is 0. The first-order chi connectivity index (χ1) is 12.4. The number of hydrogen-bond donors (Lipinski definition) is 2. The van der Waals surface area contributed by atoms with Gasteiger partial charge in [-0.3, -0.25) is 4.79 Å². The Bertz CT molecular complexity index is 613. The molecule has 5 heteroatoms. The average molecular weight is 360 g/mol. The molecule has 0 radical (unpaired) electrons. The van der Waals surface area contributed by atoms with Gasteiger partial charge in [-0.25, -0.2) is 4.79 Å². The first-order valence-corrected chi connectivity index (χ1v) is 9.80.